The van der Waals surface area contributed by atoms with E-state index in [-0.39, 0.29) is 5.25 Å². The van der Waals surface area contributed by atoms with E-state index in [1.807, 2.05) is 13.8 Å². The number of nitrogens with one attached hydrogen (secondary N) is 2. The lowest BCUT2D eigenvalue weighted by molar-refractivity contribution is 0.180. The number of carbonyl (C=O) groups is 2. The van der Waals surface area contributed by atoms with Gasteiger partial charge < -0.3 is 9.64 Å². The number of ether oxygens (including phenoxy) is 1. The van der Waals surface area contributed by atoms with Crippen LogP contribution in [-0.4, -0.2) is 54.3 Å². The molecular weight excluding hydrogens is 244 g/mol. The normalized spacial score (nSPS) is 9.76. The first kappa shape index (κ1) is 15.6. The van der Waals surface area contributed by atoms with Crippen LogP contribution in [0.3, 0.4) is 0 Å². The van der Waals surface area contributed by atoms with Crippen LogP contribution in [-0.2, 0) is 4.74 Å². The van der Waals surface area contributed by atoms with Crippen LogP contribution < -0.4 is 4.72 Å². The maximum absolute atomic E-state index is 11.7. The lowest BCUT2D eigenvalue weighted by atomic mass is 10.6. The maximum Gasteiger partial charge on any atom is 0.343 e. The van der Waals surface area contributed by atoms with Crippen molar-refractivity contribution in [2.75, 3.05) is 21.2 Å². The zero-order chi connectivity index (χ0) is 13.6. The number of methoxy groups -OCH3 is 1. The Bertz CT molecular complexity index is 307. The molecule has 0 unspecified atom stereocenters. The van der Waals surface area contributed by atoms with E-state index in [1.54, 1.807) is 0 Å². The smallest absolute Gasteiger partial charge is 0.343 e. The number of rotatable bonds is 2. The second-order valence-corrected chi connectivity index (χ2v) is 4.98. The maximum atomic E-state index is 11.7. The van der Waals surface area contributed by atoms with Crippen LogP contribution >= 0.6 is 11.9 Å². The minimum absolute atomic E-state index is 0.173. The SMILES string of the molecule is COC(=N)N(C(=O)NSC(C)C)C(=O)N(C)C. The molecule has 17 heavy (non-hydrogen) atoms. The Morgan fingerprint density at radius 2 is 1.88 bits per heavy atom. The quantitative estimate of drug-likeness (QED) is 0.446. The van der Waals surface area contributed by atoms with Crippen LogP contribution in [0.15, 0.2) is 0 Å². The van der Waals surface area contributed by atoms with E-state index < -0.39 is 18.1 Å². The highest BCUT2D eigenvalue weighted by molar-refractivity contribution is 7.98. The summed E-state index contributed by atoms with van der Waals surface area (Å²) in [6, 6.07) is -1.86. The lowest BCUT2D eigenvalue weighted by Gasteiger charge is -2.23. The summed E-state index contributed by atoms with van der Waals surface area (Å²) in [5, 5.41) is 7.59. The first-order valence-electron chi connectivity index (χ1n) is 4.90. The van der Waals surface area contributed by atoms with Crippen molar-refractivity contribution in [3.8, 4) is 0 Å². The van der Waals surface area contributed by atoms with Crippen LogP contribution in [0.25, 0.3) is 0 Å². The average molecular weight is 262 g/mol. The van der Waals surface area contributed by atoms with E-state index in [4.69, 9.17) is 5.41 Å². The zero-order valence-corrected chi connectivity index (χ0v) is 11.4. The number of nitrogens with zero attached hydrogens (tertiary/aromatic N) is 2. The van der Waals surface area contributed by atoms with Gasteiger partial charge in [0.05, 0.1) is 7.11 Å². The fourth-order valence-electron chi connectivity index (χ4n) is 0.771. The second-order valence-electron chi connectivity index (χ2n) is 3.60. The summed E-state index contributed by atoms with van der Waals surface area (Å²) in [4.78, 5) is 25.2. The van der Waals surface area contributed by atoms with Crippen molar-refractivity contribution in [1.82, 2.24) is 14.5 Å². The summed E-state index contributed by atoms with van der Waals surface area (Å²) >= 11 is 1.16. The molecule has 8 heteroatoms. The van der Waals surface area contributed by atoms with Crippen LogP contribution in [0.5, 0.6) is 0 Å². The Morgan fingerprint density at radius 3 is 2.24 bits per heavy atom. The molecule has 0 aliphatic carbocycles. The van der Waals surface area contributed by atoms with Crippen LogP contribution in [0.1, 0.15) is 13.8 Å². The molecule has 4 amide bonds. The van der Waals surface area contributed by atoms with E-state index >= 15 is 0 Å². The topological polar surface area (TPSA) is 85.7 Å². The summed E-state index contributed by atoms with van der Waals surface area (Å²) in [6.07, 6.45) is 0. The highest BCUT2D eigenvalue weighted by atomic mass is 32.2. The fraction of sp³-hybridized carbons (Fsp3) is 0.667. The molecule has 0 aliphatic heterocycles. The van der Waals surface area contributed by atoms with Crippen molar-refractivity contribution < 1.29 is 14.3 Å². The number of amidine groups is 1. The monoisotopic (exact) mass is 262 g/mol. The van der Waals surface area contributed by atoms with Gasteiger partial charge in [-0.3, -0.25) is 10.1 Å². The van der Waals surface area contributed by atoms with E-state index in [9.17, 15) is 9.59 Å². The van der Waals surface area contributed by atoms with E-state index in [1.165, 1.54) is 26.1 Å². The zero-order valence-electron chi connectivity index (χ0n) is 10.6. The minimum atomic E-state index is -0.700. The molecule has 0 aromatic heterocycles. The molecule has 0 aromatic carbocycles. The third-order valence-corrected chi connectivity index (χ3v) is 2.32. The van der Waals surface area contributed by atoms with Gasteiger partial charge in [-0.15, -0.1) is 0 Å². The van der Waals surface area contributed by atoms with Gasteiger partial charge in [0.1, 0.15) is 0 Å². The van der Waals surface area contributed by atoms with Gasteiger partial charge in [0.2, 0.25) is 0 Å². The van der Waals surface area contributed by atoms with Gasteiger partial charge in [0.25, 0.3) is 0 Å². The molecular formula is C9H18N4O3S. The van der Waals surface area contributed by atoms with Crippen LogP contribution in [0, 0.1) is 5.41 Å². The van der Waals surface area contributed by atoms with Crippen molar-refractivity contribution in [3.05, 3.63) is 0 Å². The number of hydrogen-bond acceptors (Lipinski definition) is 5. The summed E-state index contributed by atoms with van der Waals surface area (Å²) in [5.74, 6) is 0. The molecule has 0 saturated heterocycles. The van der Waals surface area contributed by atoms with Crippen molar-refractivity contribution >= 4 is 30.0 Å². The third kappa shape index (κ3) is 4.94. The van der Waals surface area contributed by atoms with E-state index in [2.05, 4.69) is 9.46 Å². The minimum Gasteiger partial charge on any atom is -0.468 e. The summed E-state index contributed by atoms with van der Waals surface area (Å²) < 4.78 is 7.07. The second kappa shape index (κ2) is 7.00. The molecule has 0 aliphatic rings. The number of carbonyl (C=O) groups excluding carboxylic acids is 2. The predicted octanol–water partition coefficient (Wildman–Crippen LogP) is 1.32. The first-order valence-corrected chi connectivity index (χ1v) is 5.78. The lowest BCUT2D eigenvalue weighted by Crippen LogP contribution is -2.50. The van der Waals surface area contributed by atoms with Gasteiger partial charge >= 0.3 is 18.1 Å². The van der Waals surface area contributed by atoms with Gasteiger partial charge in [-0.2, -0.15) is 4.90 Å². The van der Waals surface area contributed by atoms with Crippen molar-refractivity contribution in [2.45, 2.75) is 19.1 Å². The fourth-order valence-corrected chi connectivity index (χ4v) is 1.20. The number of urea groups is 2. The average Bonchev–Trinajstić information content (AvgIpc) is 2.25. The van der Waals surface area contributed by atoms with Crippen molar-refractivity contribution in [2.24, 2.45) is 0 Å². The Labute approximate surface area is 105 Å². The number of imide groups is 1. The summed E-state index contributed by atoms with van der Waals surface area (Å²) in [5.41, 5.74) is 0. The Morgan fingerprint density at radius 1 is 1.35 bits per heavy atom. The predicted molar refractivity (Wildman–Crippen MR) is 66.9 cm³/mol. The van der Waals surface area contributed by atoms with Crippen molar-refractivity contribution in [1.29, 1.82) is 5.41 Å². The largest absolute Gasteiger partial charge is 0.468 e. The molecule has 0 aromatic rings. The molecule has 0 rings (SSSR count). The highest BCUT2D eigenvalue weighted by Gasteiger charge is 2.28. The van der Waals surface area contributed by atoms with Crippen LogP contribution in [0.4, 0.5) is 9.59 Å². The highest BCUT2D eigenvalue weighted by Crippen LogP contribution is 2.06. The van der Waals surface area contributed by atoms with E-state index in [0.29, 0.717) is 4.90 Å². The van der Waals surface area contributed by atoms with Gasteiger partial charge in [0, 0.05) is 19.3 Å². The Hall–Kier alpha value is -1.44. The standard InChI is InChI=1S/C9H18N4O3S/c1-6(2)17-11-8(14)13(7(10)16-5)9(15)12(3)4/h6,10H,1-5H3,(H,11,14). The third-order valence-electron chi connectivity index (χ3n) is 1.56. The first-order chi connectivity index (χ1) is 7.81. The van der Waals surface area contributed by atoms with Gasteiger partial charge in [-0.25, -0.2) is 9.59 Å². The Balaban J connectivity index is 4.75. The summed E-state index contributed by atoms with van der Waals surface area (Å²) in [6.45, 7) is 3.79. The van der Waals surface area contributed by atoms with Gasteiger partial charge in [-0.1, -0.05) is 13.8 Å². The van der Waals surface area contributed by atoms with Gasteiger partial charge in [0.15, 0.2) is 0 Å². The molecule has 0 spiro atoms. The van der Waals surface area contributed by atoms with Gasteiger partial charge in [-0.05, 0) is 11.9 Å². The van der Waals surface area contributed by atoms with Crippen molar-refractivity contribution in [3.63, 3.8) is 0 Å². The molecule has 0 saturated carbocycles. The number of amides is 4. The molecule has 0 atom stereocenters. The van der Waals surface area contributed by atoms with E-state index in [0.717, 1.165) is 11.9 Å². The molecule has 0 fully saturated rings. The molecule has 2 N–H and O–H groups in total. The van der Waals surface area contributed by atoms with Crippen LogP contribution in [0.2, 0.25) is 0 Å². The molecule has 98 valence electrons. The molecule has 0 heterocycles. The molecule has 0 bridgehead atoms. The molecule has 7 nitrogen and oxygen atoms in total. The summed E-state index contributed by atoms with van der Waals surface area (Å²) in [7, 11) is 4.20. The molecule has 0 radical (unpaired) electrons. The Kier molecular flexibility index (Phi) is 6.40. The number of hydrogen-bond donors (Lipinski definition) is 2.